The van der Waals surface area contributed by atoms with Crippen LogP contribution in [0.25, 0.3) is 0 Å². The Morgan fingerprint density at radius 2 is 2.33 bits per heavy atom. The summed E-state index contributed by atoms with van der Waals surface area (Å²) in [5.74, 6) is 0. The molecule has 0 saturated heterocycles. The summed E-state index contributed by atoms with van der Waals surface area (Å²) in [5, 5.41) is 19.9. The molecule has 0 aromatic rings. The lowest BCUT2D eigenvalue weighted by molar-refractivity contribution is 0.110. The van der Waals surface area contributed by atoms with E-state index in [1.807, 2.05) is 0 Å². The molecule has 2 unspecified atom stereocenters. The van der Waals surface area contributed by atoms with Gasteiger partial charge in [-0.05, 0) is 6.72 Å². The minimum absolute atomic E-state index is 0.163. The molecule has 5 heteroatoms. The van der Waals surface area contributed by atoms with E-state index in [0.29, 0.717) is 0 Å². The molecule has 0 saturated carbocycles. The summed E-state index contributed by atoms with van der Waals surface area (Å²) in [7, 11) is 2.18. The zero-order chi connectivity index (χ0) is 7.28. The van der Waals surface area contributed by atoms with E-state index in [2.05, 4.69) is 26.2 Å². The number of aliphatic hydroxyl groups is 2. The van der Waals surface area contributed by atoms with E-state index in [0.717, 1.165) is 0 Å². The number of rotatable bonds is 4. The average molecular weight is 150 g/mol. The molecule has 0 spiro atoms. The molecule has 9 heavy (non-hydrogen) atoms. The smallest absolute Gasteiger partial charge is 0.162 e. The van der Waals surface area contributed by atoms with Crippen molar-refractivity contribution in [2.24, 2.45) is 4.99 Å². The second-order valence-electron chi connectivity index (χ2n) is 1.55. The first-order valence-electron chi connectivity index (χ1n) is 2.47. The van der Waals surface area contributed by atoms with Crippen molar-refractivity contribution in [3.63, 3.8) is 0 Å². The van der Waals surface area contributed by atoms with E-state index in [4.69, 9.17) is 10.2 Å². The third kappa shape index (κ3) is 2.87. The van der Waals surface area contributed by atoms with E-state index in [-0.39, 0.29) is 6.61 Å². The second-order valence-corrected chi connectivity index (χ2v) is 1.89. The highest BCUT2D eigenvalue weighted by Crippen LogP contribution is 1.94. The van der Waals surface area contributed by atoms with Crippen LogP contribution in [-0.4, -0.2) is 35.8 Å². The van der Waals surface area contributed by atoms with E-state index in [1.165, 1.54) is 0 Å². The van der Waals surface area contributed by atoms with Gasteiger partial charge in [-0.15, -0.1) is 0 Å². The normalized spacial score (nSPS) is 16.8. The highest BCUT2D eigenvalue weighted by atomic mass is 31.0. The lowest BCUT2D eigenvalue weighted by atomic mass is 10.3. The predicted molar refractivity (Wildman–Crippen MR) is 39.3 cm³/mol. The molecular formula is C4H11N2O2P. The SMILES string of the molecule is C=NC(O)[C@H](CO)NP. The lowest BCUT2D eigenvalue weighted by Crippen LogP contribution is -2.36. The van der Waals surface area contributed by atoms with Gasteiger partial charge in [-0.1, -0.05) is 9.39 Å². The van der Waals surface area contributed by atoms with Gasteiger partial charge in [0.05, 0.1) is 12.6 Å². The molecule has 54 valence electrons. The second kappa shape index (κ2) is 4.82. The summed E-state index contributed by atoms with van der Waals surface area (Å²) in [6.07, 6.45) is -0.938. The minimum atomic E-state index is -0.938. The van der Waals surface area contributed by atoms with Crippen molar-refractivity contribution < 1.29 is 10.2 Å². The Morgan fingerprint density at radius 3 is 2.44 bits per heavy atom. The first kappa shape index (κ1) is 8.98. The molecule has 0 aromatic heterocycles. The highest BCUT2D eigenvalue weighted by molar-refractivity contribution is 7.13. The van der Waals surface area contributed by atoms with Crippen LogP contribution in [0.4, 0.5) is 0 Å². The summed E-state index contributed by atoms with van der Waals surface area (Å²) >= 11 is 0. The van der Waals surface area contributed by atoms with Crippen molar-refractivity contribution >= 4 is 16.1 Å². The Hall–Kier alpha value is -0.0200. The van der Waals surface area contributed by atoms with Gasteiger partial charge in [0.2, 0.25) is 0 Å². The minimum Gasteiger partial charge on any atom is -0.395 e. The first-order chi connectivity index (χ1) is 4.26. The average Bonchev–Trinajstić information content (AvgIpc) is 1.90. The molecule has 0 aliphatic carbocycles. The van der Waals surface area contributed by atoms with E-state index < -0.39 is 12.3 Å². The molecule has 0 amide bonds. The number of nitrogens with zero attached hydrogens (tertiary/aromatic N) is 1. The van der Waals surface area contributed by atoms with Crippen LogP contribution in [-0.2, 0) is 0 Å². The Morgan fingerprint density at radius 1 is 1.78 bits per heavy atom. The maximum absolute atomic E-state index is 8.85. The fraction of sp³-hybridized carbons (Fsp3) is 0.750. The van der Waals surface area contributed by atoms with Crippen LogP contribution in [0.2, 0.25) is 0 Å². The van der Waals surface area contributed by atoms with Gasteiger partial charge < -0.3 is 10.2 Å². The van der Waals surface area contributed by atoms with Gasteiger partial charge in [0, 0.05) is 0 Å². The number of hydrogen-bond acceptors (Lipinski definition) is 4. The van der Waals surface area contributed by atoms with Gasteiger partial charge in [-0.3, -0.25) is 10.1 Å². The zero-order valence-corrected chi connectivity index (χ0v) is 6.14. The van der Waals surface area contributed by atoms with Crippen molar-refractivity contribution in [2.45, 2.75) is 12.3 Å². The number of aliphatic imine (C=N–C) groups is 1. The monoisotopic (exact) mass is 150 g/mol. The quantitative estimate of drug-likeness (QED) is 0.346. The van der Waals surface area contributed by atoms with Crippen LogP contribution < -0.4 is 5.09 Å². The number of hydrogen-bond donors (Lipinski definition) is 3. The molecule has 0 fully saturated rings. The largest absolute Gasteiger partial charge is 0.395 e. The van der Waals surface area contributed by atoms with Gasteiger partial charge >= 0.3 is 0 Å². The third-order valence-electron chi connectivity index (χ3n) is 0.958. The lowest BCUT2D eigenvalue weighted by Gasteiger charge is -2.14. The standard InChI is InChI=1S/C4H11N2O2P/c1-5-4(8)3(2-7)6-9/h3-4,6-8H,1-2,9H2/t3-,4?/m0/s1. The Labute approximate surface area is 56.3 Å². The fourth-order valence-corrected chi connectivity index (χ4v) is 0.638. The molecule has 3 atom stereocenters. The van der Waals surface area contributed by atoms with Gasteiger partial charge in [-0.25, -0.2) is 0 Å². The van der Waals surface area contributed by atoms with Crippen LogP contribution in [0.5, 0.6) is 0 Å². The summed E-state index contributed by atoms with van der Waals surface area (Å²) in [6, 6.07) is -0.438. The van der Waals surface area contributed by atoms with Crippen molar-refractivity contribution in [1.82, 2.24) is 5.09 Å². The topological polar surface area (TPSA) is 64.9 Å². The van der Waals surface area contributed by atoms with Crippen LogP contribution in [0.3, 0.4) is 0 Å². The van der Waals surface area contributed by atoms with Crippen LogP contribution >= 0.6 is 9.39 Å². The fourth-order valence-electron chi connectivity index (χ4n) is 0.360. The molecule has 0 bridgehead atoms. The molecule has 0 radical (unpaired) electrons. The summed E-state index contributed by atoms with van der Waals surface area (Å²) in [5.41, 5.74) is 0. The van der Waals surface area contributed by atoms with Crippen molar-refractivity contribution in [2.75, 3.05) is 6.61 Å². The Kier molecular flexibility index (Phi) is 4.81. The predicted octanol–water partition coefficient (Wildman–Crippen LogP) is -1.25. The van der Waals surface area contributed by atoms with Crippen LogP contribution in [0.1, 0.15) is 0 Å². The van der Waals surface area contributed by atoms with Crippen molar-refractivity contribution in [3.8, 4) is 0 Å². The molecule has 0 aromatic carbocycles. The van der Waals surface area contributed by atoms with Gasteiger partial charge in [0.25, 0.3) is 0 Å². The van der Waals surface area contributed by atoms with E-state index in [1.54, 1.807) is 0 Å². The summed E-state index contributed by atoms with van der Waals surface area (Å²) in [6.45, 7) is 2.95. The van der Waals surface area contributed by atoms with E-state index >= 15 is 0 Å². The van der Waals surface area contributed by atoms with Gasteiger partial charge in [0.1, 0.15) is 0 Å². The zero-order valence-electron chi connectivity index (χ0n) is 4.99. The molecule has 0 aliphatic rings. The van der Waals surface area contributed by atoms with Crippen LogP contribution in [0, 0.1) is 0 Å². The molecular weight excluding hydrogens is 139 g/mol. The van der Waals surface area contributed by atoms with Crippen LogP contribution in [0.15, 0.2) is 4.99 Å². The summed E-state index contributed by atoms with van der Waals surface area (Å²) in [4.78, 5) is 3.30. The molecule has 0 rings (SSSR count). The van der Waals surface area contributed by atoms with Gasteiger partial charge in [0.15, 0.2) is 6.23 Å². The Balaban J connectivity index is 3.63. The molecule has 3 N–H and O–H groups in total. The van der Waals surface area contributed by atoms with Crippen molar-refractivity contribution in [1.29, 1.82) is 0 Å². The molecule has 0 aliphatic heterocycles. The van der Waals surface area contributed by atoms with Gasteiger partial charge in [-0.2, -0.15) is 0 Å². The maximum Gasteiger partial charge on any atom is 0.162 e. The number of aliphatic hydroxyl groups excluding tert-OH is 2. The van der Waals surface area contributed by atoms with E-state index in [9.17, 15) is 0 Å². The maximum atomic E-state index is 8.85. The Bertz CT molecular complexity index is 86.6. The third-order valence-corrected chi connectivity index (χ3v) is 1.39. The first-order valence-corrected chi connectivity index (χ1v) is 3.05. The number of nitrogens with one attached hydrogen (secondary N) is 1. The summed E-state index contributed by atoms with van der Waals surface area (Å²) < 4.78 is 0. The highest BCUT2D eigenvalue weighted by Gasteiger charge is 2.12. The molecule has 4 nitrogen and oxygen atoms in total. The van der Waals surface area contributed by atoms with Crippen molar-refractivity contribution in [3.05, 3.63) is 0 Å². The molecule has 0 heterocycles.